The van der Waals surface area contributed by atoms with Crippen LogP contribution in [0.15, 0.2) is 6.33 Å². The number of aryl methyl sites for hydroxylation is 2. The van der Waals surface area contributed by atoms with Gasteiger partial charge in [-0.3, -0.25) is 4.79 Å². The van der Waals surface area contributed by atoms with Crippen LogP contribution in [0, 0.1) is 0 Å². The molecular weight excluding hydrogens is 182 g/mol. The predicted octanol–water partition coefficient (Wildman–Crippen LogP) is 1.10. The molecule has 78 valence electrons. The first-order chi connectivity index (χ1) is 6.74. The molecule has 0 radical (unpaired) electrons. The van der Waals surface area contributed by atoms with Crippen molar-refractivity contribution < 1.29 is 9.90 Å². The Morgan fingerprint density at radius 2 is 2.43 bits per heavy atom. The smallest absolute Gasteiger partial charge is 0.303 e. The van der Waals surface area contributed by atoms with Gasteiger partial charge in [-0.1, -0.05) is 6.92 Å². The van der Waals surface area contributed by atoms with Crippen LogP contribution in [0.5, 0.6) is 0 Å². The number of hydrogen-bond donors (Lipinski definition) is 1. The Balaban J connectivity index is 2.41. The molecule has 0 aliphatic carbocycles. The van der Waals surface area contributed by atoms with Gasteiger partial charge < -0.3 is 9.67 Å². The lowest BCUT2D eigenvalue weighted by atomic mass is 10.3. The summed E-state index contributed by atoms with van der Waals surface area (Å²) in [5.74, 6) is 0.188. The molecule has 0 fully saturated rings. The molecule has 1 heterocycles. The maximum atomic E-state index is 10.3. The third kappa shape index (κ3) is 3.16. The van der Waals surface area contributed by atoms with Gasteiger partial charge in [-0.15, -0.1) is 10.2 Å². The van der Waals surface area contributed by atoms with Crippen molar-refractivity contribution in [2.75, 3.05) is 0 Å². The number of aromatic nitrogens is 3. The summed E-state index contributed by atoms with van der Waals surface area (Å²) in [6.45, 7) is 2.77. The zero-order chi connectivity index (χ0) is 10.4. The number of carboxylic acid groups (broad SMARTS) is 1. The van der Waals surface area contributed by atoms with Crippen LogP contribution in [0.3, 0.4) is 0 Å². The lowest BCUT2D eigenvalue weighted by molar-refractivity contribution is -0.137. The van der Waals surface area contributed by atoms with Crippen molar-refractivity contribution in [3.05, 3.63) is 12.2 Å². The molecule has 0 aliphatic rings. The minimum Gasteiger partial charge on any atom is -0.481 e. The van der Waals surface area contributed by atoms with E-state index in [2.05, 4.69) is 17.1 Å². The normalized spacial score (nSPS) is 10.4. The highest BCUT2D eigenvalue weighted by molar-refractivity contribution is 5.66. The molecule has 1 N–H and O–H groups in total. The van der Waals surface area contributed by atoms with E-state index in [0.717, 1.165) is 18.7 Å². The van der Waals surface area contributed by atoms with Crippen molar-refractivity contribution in [2.24, 2.45) is 0 Å². The second kappa shape index (κ2) is 5.36. The quantitative estimate of drug-likeness (QED) is 0.741. The molecule has 14 heavy (non-hydrogen) atoms. The maximum absolute atomic E-state index is 10.3. The first kappa shape index (κ1) is 10.7. The van der Waals surface area contributed by atoms with Gasteiger partial charge in [-0.2, -0.15) is 0 Å². The van der Waals surface area contributed by atoms with E-state index in [0.29, 0.717) is 13.0 Å². The summed E-state index contributed by atoms with van der Waals surface area (Å²) in [6, 6.07) is 0. The molecule has 0 spiro atoms. The number of aliphatic carboxylic acids is 1. The average molecular weight is 197 g/mol. The van der Waals surface area contributed by atoms with Gasteiger partial charge in [0.05, 0.1) is 0 Å². The zero-order valence-electron chi connectivity index (χ0n) is 8.31. The van der Waals surface area contributed by atoms with E-state index in [1.165, 1.54) is 0 Å². The number of hydrogen-bond acceptors (Lipinski definition) is 3. The molecule has 5 heteroatoms. The summed E-state index contributed by atoms with van der Waals surface area (Å²) in [6.07, 6.45) is 4.41. The Morgan fingerprint density at radius 3 is 3.07 bits per heavy atom. The van der Waals surface area contributed by atoms with Gasteiger partial charge >= 0.3 is 5.97 Å². The minimum absolute atomic E-state index is 0.198. The molecule has 0 aromatic carbocycles. The highest BCUT2D eigenvalue weighted by Crippen LogP contribution is 2.02. The third-order valence-electron chi connectivity index (χ3n) is 1.96. The van der Waals surface area contributed by atoms with E-state index in [-0.39, 0.29) is 6.42 Å². The van der Waals surface area contributed by atoms with Gasteiger partial charge in [0.1, 0.15) is 12.2 Å². The molecule has 0 bridgehead atoms. The molecule has 5 nitrogen and oxygen atoms in total. The Bertz CT molecular complexity index is 296. The van der Waals surface area contributed by atoms with Crippen molar-refractivity contribution in [3.8, 4) is 0 Å². The molecule has 0 amide bonds. The van der Waals surface area contributed by atoms with Crippen molar-refractivity contribution in [2.45, 2.75) is 39.2 Å². The molecule has 0 saturated carbocycles. The van der Waals surface area contributed by atoms with Crippen molar-refractivity contribution in [3.63, 3.8) is 0 Å². The largest absolute Gasteiger partial charge is 0.481 e. The van der Waals surface area contributed by atoms with E-state index in [1.807, 2.05) is 4.57 Å². The van der Waals surface area contributed by atoms with E-state index in [1.54, 1.807) is 6.33 Å². The van der Waals surface area contributed by atoms with E-state index in [4.69, 9.17) is 5.11 Å². The van der Waals surface area contributed by atoms with Gasteiger partial charge in [-0.05, 0) is 12.8 Å². The SMILES string of the molecule is CCCc1nncn1CCCC(=O)O. The van der Waals surface area contributed by atoms with Gasteiger partial charge in [0.25, 0.3) is 0 Å². The molecular formula is C9H15N3O2. The van der Waals surface area contributed by atoms with Crippen LogP contribution < -0.4 is 0 Å². The molecule has 0 saturated heterocycles. The lowest BCUT2D eigenvalue weighted by Gasteiger charge is -2.03. The monoisotopic (exact) mass is 197 g/mol. The number of nitrogens with zero attached hydrogens (tertiary/aromatic N) is 3. The summed E-state index contributed by atoms with van der Waals surface area (Å²) in [4.78, 5) is 10.3. The number of rotatable bonds is 6. The first-order valence-corrected chi connectivity index (χ1v) is 4.82. The van der Waals surface area contributed by atoms with Crippen LogP contribution in [-0.4, -0.2) is 25.8 Å². The first-order valence-electron chi connectivity index (χ1n) is 4.82. The second-order valence-electron chi connectivity index (χ2n) is 3.19. The van der Waals surface area contributed by atoms with Crippen LogP contribution in [0.25, 0.3) is 0 Å². The van der Waals surface area contributed by atoms with Crippen LogP contribution >= 0.6 is 0 Å². The third-order valence-corrected chi connectivity index (χ3v) is 1.96. The highest BCUT2D eigenvalue weighted by atomic mass is 16.4. The van der Waals surface area contributed by atoms with Crippen LogP contribution in [-0.2, 0) is 17.8 Å². The van der Waals surface area contributed by atoms with Gasteiger partial charge in [-0.25, -0.2) is 0 Å². The van der Waals surface area contributed by atoms with Crippen molar-refractivity contribution in [1.29, 1.82) is 0 Å². The fourth-order valence-corrected chi connectivity index (χ4v) is 1.28. The van der Waals surface area contributed by atoms with E-state index >= 15 is 0 Å². The Hall–Kier alpha value is -1.39. The summed E-state index contributed by atoms with van der Waals surface area (Å²) in [7, 11) is 0. The summed E-state index contributed by atoms with van der Waals surface area (Å²) in [5, 5.41) is 16.2. The van der Waals surface area contributed by atoms with Gasteiger partial charge in [0.15, 0.2) is 0 Å². The maximum Gasteiger partial charge on any atom is 0.303 e. The fourth-order valence-electron chi connectivity index (χ4n) is 1.28. The molecule has 1 aromatic rings. The van der Waals surface area contributed by atoms with Gasteiger partial charge in [0, 0.05) is 19.4 Å². The van der Waals surface area contributed by atoms with Crippen LogP contribution in [0.2, 0.25) is 0 Å². The summed E-state index contributed by atoms with van der Waals surface area (Å²) < 4.78 is 1.92. The average Bonchev–Trinajstić information content (AvgIpc) is 2.53. The van der Waals surface area contributed by atoms with E-state index in [9.17, 15) is 4.79 Å². The van der Waals surface area contributed by atoms with Crippen molar-refractivity contribution >= 4 is 5.97 Å². The highest BCUT2D eigenvalue weighted by Gasteiger charge is 2.03. The van der Waals surface area contributed by atoms with Crippen LogP contribution in [0.4, 0.5) is 0 Å². The Kier molecular flexibility index (Phi) is 4.10. The zero-order valence-corrected chi connectivity index (χ0v) is 8.31. The molecule has 0 aliphatic heterocycles. The Labute approximate surface area is 82.8 Å². The van der Waals surface area contributed by atoms with Gasteiger partial charge in [0.2, 0.25) is 0 Å². The standard InChI is InChI=1S/C9H15N3O2/c1-2-4-8-11-10-7-12(8)6-3-5-9(13)14/h7H,2-6H2,1H3,(H,13,14). The predicted molar refractivity (Wildman–Crippen MR) is 50.9 cm³/mol. The minimum atomic E-state index is -0.755. The summed E-state index contributed by atoms with van der Waals surface area (Å²) in [5.41, 5.74) is 0. The van der Waals surface area contributed by atoms with Crippen LogP contribution in [0.1, 0.15) is 32.0 Å². The molecule has 1 rings (SSSR count). The molecule has 1 aromatic heterocycles. The lowest BCUT2D eigenvalue weighted by Crippen LogP contribution is -2.05. The molecule has 0 atom stereocenters. The Morgan fingerprint density at radius 1 is 1.64 bits per heavy atom. The van der Waals surface area contributed by atoms with E-state index < -0.39 is 5.97 Å². The topological polar surface area (TPSA) is 68.0 Å². The van der Waals surface area contributed by atoms with Crippen molar-refractivity contribution in [1.82, 2.24) is 14.8 Å². The molecule has 0 unspecified atom stereocenters. The number of carbonyl (C=O) groups is 1. The summed E-state index contributed by atoms with van der Waals surface area (Å²) >= 11 is 0. The second-order valence-corrected chi connectivity index (χ2v) is 3.19. The fraction of sp³-hybridized carbons (Fsp3) is 0.667. The number of carboxylic acids is 1.